The third-order valence-electron chi connectivity index (χ3n) is 4.80. The molecule has 2 aromatic heterocycles. The Bertz CT molecular complexity index is 1390. The monoisotopic (exact) mass is 475 g/mol. The van der Waals surface area contributed by atoms with E-state index in [1.54, 1.807) is 49.5 Å². The predicted molar refractivity (Wildman–Crippen MR) is 117 cm³/mol. The fourth-order valence-electron chi connectivity index (χ4n) is 3.40. The highest BCUT2D eigenvalue weighted by Crippen LogP contribution is 2.37. The van der Waals surface area contributed by atoms with Gasteiger partial charge in [-0.1, -0.05) is 22.0 Å². The van der Waals surface area contributed by atoms with Gasteiger partial charge in [0.25, 0.3) is 0 Å². The zero-order chi connectivity index (χ0) is 21.5. The van der Waals surface area contributed by atoms with Crippen molar-refractivity contribution in [2.24, 2.45) is 0 Å². The fraction of sp³-hybridized carbons (Fsp3) is 0.0417. The molecule has 3 heterocycles. The van der Waals surface area contributed by atoms with Crippen molar-refractivity contribution in [1.29, 1.82) is 0 Å². The average molecular weight is 476 g/mol. The van der Waals surface area contributed by atoms with Crippen molar-refractivity contribution in [1.82, 2.24) is 4.98 Å². The summed E-state index contributed by atoms with van der Waals surface area (Å²) < 4.78 is 17.7. The van der Waals surface area contributed by atoms with Crippen molar-refractivity contribution < 1.29 is 23.5 Å². The summed E-state index contributed by atoms with van der Waals surface area (Å²) in [5.74, 6) is -0.0282. The molecule has 31 heavy (non-hydrogen) atoms. The molecule has 0 amide bonds. The number of hydrogen-bond acceptors (Lipinski definition) is 6. The van der Waals surface area contributed by atoms with E-state index in [2.05, 4.69) is 20.9 Å². The summed E-state index contributed by atoms with van der Waals surface area (Å²) in [5, 5.41) is 0.782. The van der Waals surface area contributed by atoms with Crippen molar-refractivity contribution in [2.45, 2.75) is 6.92 Å². The van der Waals surface area contributed by atoms with Crippen LogP contribution in [0.15, 0.2) is 75.4 Å². The normalized spacial score (nSPS) is 14.0. The highest BCUT2D eigenvalue weighted by Gasteiger charge is 2.30. The quantitative estimate of drug-likeness (QED) is 0.213. The summed E-state index contributed by atoms with van der Waals surface area (Å²) in [6.45, 7) is 1.76. The Balaban J connectivity index is 1.42. The highest BCUT2D eigenvalue weighted by atomic mass is 79.9. The molecule has 0 bridgehead atoms. The summed E-state index contributed by atoms with van der Waals surface area (Å²) in [5.41, 5.74) is 2.27. The van der Waals surface area contributed by atoms with Crippen LogP contribution in [0.25, 0.3) is 17.0 Å². The number of benzene rings is 2. The summed E-state index contributed by atoms with van der Waals surface area (Å²) in [4.78, 5) is 29.5. The lowest BCUT2D eigenvalue weighted by atomic mass is 10.0. The van der Waals surface area contributed by atoms with Crippen molar-refractivity contribution in [3.05, 3.63) is 93.6 Å². The van der Waals surface area contributed by atoms with Gasteiger partial charge in [0.1, 0.15) is 17.1 Å². The number of rotatable bonds is 3. The van der Waals surface area contributed by atoms with E-state index in [1.807, 2.05) is 18.2 Å². The van der Waals surface area contributed by atoms with Crippen molar-refractivity contribution in [3.8, 4) is 11.5 Å². The van der Waals surface area contributed by atoms with E-state index in [-0.39, 0.29) is 23.1 Å². The van der Waals surface area contributed by atoms with Gasteiger partial charge in [0.15, 0.2) is 5.76 Å². The second-order valence-electron chi connectivity index (χ2n) is 6.99. The number of aryl methyl sites for hydroxylation is 1. The van der Waals surface area contributed by atoms with E-state index in [0.29, 0.717) is 28.2 Å². The molecule has 5 rings (SSSR count). The van der Waals surface area contributed by atoms with Crippen LogP contribution in [0, 0.1) is 6.92 Å². The number of aromatic nitrogens is 1. The van der Waals surface area contributed by atoms with Gasteiger partial charge in [0.2, 0.25) is 11.5 Å². The maximum absolute atomic E-state index is 12.8. The Morgan fingerprint density at radius 3 is 2.81 bits per heavy atom. The standard InChI is InChI=1S/C24H14BrNO5/c1-13-8-17(29-24(28)21-10-14-9-15(25)5-6-18(14)30-21)12-19-22(13)23(27)20(31-19)11-16-4-2-3-7-26-16/h2-12H,1H3/b20-11-. The Labute approximate surface area is 185 Å². The number of furan rings is 1. The van der Waals surface area contributed by atoms with Crippen LogP contribution in [-0.2, 0) is 0 Å². The van der Waals surface area contributed by atoms with Crippen LogP contribution >= 0.6 is 15.9 Å². The molecule has 0 saturated carbocycles. The van der Waals surface area contributed by atoms with Gasteiger partial charge in [-0.2, -0.15) is 0 Å². The van der Waals surface area contributed by atoms with E-state index >= 15 is 0 Å². The van der Waals surface area contributed by atoms with Gasteiger partial charge in [-0.15, -0.1) is 0 Å². The number of fused-ring (bicyclic) bond motifs is 2. The van der Waals surface area contributed by atoms with Crippen LogP contribution in [0.5, 0.6) is 11.5 Å². The SMILES string of the molecule is Cc1cc(OC(=O)c2cc3cc(Br)ccc3o2)cc2c1C(=O)/C(=C/c1ccccn1)O2. The Morgan fingerprint density at radius 2 is 2.00 bits per heavy atom. The first kappa shape index (κ1) is 19.3. The molecule has 1 aliphatic rings. The van der Waals surface area contributed by atoms with Gasteiger partial charge in [0.05, 0.1) is 11.3 Å². The number of hydrogen-bond donors (Lipinski definition) is 0. The van der Waals surface area contributed by atoms with Crippen LogP contribution < -0.4 is 9.47 Å². The molecular formula is C24H14BrNO5. The van der Waals surface area contributed by atoms with E-state index in [1.165, 1.54) is 6.07 Å². The topological polar surface area (TPSA) is 78.6 Å². The minimum atomic E-state index is -0.639. The molecule has 1 aliphatic heterocycles. The van der Waals surface area contributed by atoms with E-state index < -0.39 is 5.97 Å². The van der Waals surface area contributed by atoms with Crippen LogP contribution in [0.4, 0.5) is 0 Å². The number of halogens is 1. The molecule has 0 aliphatic carbocycles. The molecule has 152 valence electrons. The Morgan fingerprint density at radius 1 is 1.13 bits per heavy atom. The predicted octanol–water partition coefficient (Wildman–Crippen LogP) is 5.73. The molecule has 2 aromatic carbocycles. The van der Waals surface area contributed by atoms with Crippen molar-refractivity contribution in [3.63, 3.8) is 0 Å². The number of pyridine rings is 1. The molecule has 6 nitrogen and oxygen atoms in total. The van der Waals surface area contributed by atoms with Crippen molar-refractivity contribution >= 4 is 44.7 Å². The molecule has 0 N–H and O–H groups in total. The molecule has 0 atom stereocenters. The lowest BCUT2D eigenvalue weighted by molar-refractivity contribution is 0.0703. The number of carbonyl (C=O) groups excluding carboxylic acids is 2. The number of nitrogens with zero attached hydrogens (tertiary/aromatic N) is 1. The van der Waals surface area contributed by atoms with E-state index in [9.17, 15) is 9.59 Å². The minimum absolute atomic E-state index is 0.0824. The van der Waals surface area contributed by atoms with Gasteiger partial charge in [-0.05, 0) is 55.0 Å². The molecule has 0 saturated heterocycles. The molecular weight excluding hydrogens is 462 g/mol. The summed E-state index contributed by atoms with van der Waals surface area (Å²) in [7, 11) is 0. The smallest absolute Gasteiger partial charge is 0.379 e. The summed E-state index contributed by atoms with van der Waals surface area (Å²) >= 11 is 3.39. The van der Waals surface area contributed by atoms with Crippen LogP contribution in [0.3, 0.4) is 0 Å². The molecule has 4 aromatic rings. The first-order valence-electron chi connectivity index (χ1n) is 9.39. The number of ether oxygens (including phenoxy) is 2. The summed E-state index contributed by atoms with van der Waals surface area (Å²) in [6, 6.07) is 15.6. The number of esters is 1. The number of ketones is 1. The lowest BCUT2D eigenvalue weighted by Crippen LogP contribution is -2.07. The summed E-state index contributed by atoms with van der Waals surface area (Å²) in [6.07, 6.45) is 3.22. The van der Waals surface area contributed by atoms with Gasteiger partial charge in [0, 0.05) is 28.2 Å². The third-order valence-corrected chi connectivity index (χ3v) is 5.29. The van der Waals surface area contributed by atoms with Gasteiger partial charge in [-0.25, -0.2) is 4.79 Å². The number of allylic oxidation sites excluding steroid dienone is 1. The second-order valence-corrected chi connectivity index (χ2v) is 7.91. The lowest BCUT2D eigenvalue weighted by Gasteiger charge is -2.06. The highest BCUT2D eigenvalue weighted by molar-refractivity contribution is 9.10. The van der Waals surface area contributed by atoms with Gasteiger partial charge < -0.3 is 13.9 Å². The fourth-order valence-corrected chi connectivity index (χ4v) is 3.78. The zero-order valence-electron chi connectivity index (χ0n) is 16.2. The van der Waals surface area contributed by atoms with Crippen LogP contribution in [0.2, 0.25) is 0 Å². The average Bonchev–Trinajstić information content (AvgIpc) is 3.30. The maximum Gasteiger partial charge on any atom is 0.379 e. The molecule has 0 unspecified atom stereocenters. The molecule has 7 heteroatoms. The number of carbonyl (C=O) groups is 2. The largest absolute Gasteiger partial charge is 0.452 e. The molecule has 0 fully saturated rings. The first-order chi connectivity index (χ1) is 15.0. The number of Topliss-reactive ketones (excluding diaryl/α,β-unsaturated/α-hetero) is 1. The molecule has 0 spiro atoms. The molecule has 0 radical (unpaired) electrons. The Kier molecular flexibility index (Phi) is 4.67. The van der Waals surface area contributed by atoms with Crippen LogP contribution in [-0.4, -0.2) is 16.7 Å². The van der Waals surface area contributed by atoms with E-state index in [4.69, 9.17) is 13.9 Å². The van der Waals surface area contributed by atoms with Gasteiger partial charge >= 0.3 is 5.97 Å². The minimum Gasteiger partial charge on any atom is -0.452 e. The third kappa shape index (κ3) is 3.64. The zero-order valence-corrected chi connectivity index (χ0v) is 17.8. The van der Waals surface area contributed by atoms with Gasteiger partial charge in [-0.3, -0.25) is 9.78 Å². The van der Waals surface area contributed by atoms with Crippen LogP contribution in [0.1, 0.15) is 32.2 Å². The first-order valence-corrected chi connectivity index (χ1v) is 10.2. The maximum atomic E-state index is 12.8. The van der Waals surface area contributed by atoms with Crippen molar-refractivity contribution in [2.75, 3.05) is 0 Å². The Hall–Kier alpha value is -3.71. The van der Waals surface area contributed by atoms with E-state index in [0.717, 1.165) is 9.86 Å². The second kappa shape index (κ2) is 7.52.